The Morgan fingerprint density at radius 2 is 1.76 bits per heavy atom. The molecule has 0 bridgehead atoms. The highest BCUT2D eigenvalue weighted by atomic mass is 32.1. The molecule has 4 aromatic rings. The van der Waals surface area contributed by atoms with Crippen molar-refractivity contribution in [1.82, 2.24) is 10.3 Å². The molecule has 1 aromatic heterocycles. The number of hydrogen-bond acceptors (Lipinski definition) is 7. The van der Waals surface area contributed by atoms with Crippen molar-refractivity contribution in [3.05, 3.63) is 81.4 Å². The second-order valence-electron chi connectivity index (χ2n) is 9.49. The van der Waals surface area contributed by atoms with Crippen LogP contribution in [0.15, 0.2) is 59.0 Å². The van der Waals surface area contributed by atoms with E-state index in [0.717, 1.165) is 49.0 Å². The van der Waals surface area contributed by atoms with E-state index in [-0.39, 0.29) is 16.4 Å². The van der Waals surface area contributed by atoms with E-state index < -0.39 is 10.8 Å². The summed E-state index contributed by atoms with van der Waals surface area (Å²) in [5.74, 6) is -0.00941. The number of oxazole rings is 1. The molecule has 0 atom stereocenters. The van der Waals surface area contributed by atoms with E-state index >= 15 is 0 Å². The van der Waals surface area contributed by atoms with Crippen molar-refractivity contribution < 1.29 is 14.1 Å². The number of amides is 1. The quantitative estimate of drug-likeness (QED) is 0.180. The van der Waals surface area contributed by atoms with Crippen molar-refractivity contribution in [3.8, 4) is 11.5 Å². The van der Waals surface area contributed by atoms with Crippen LogP contribution in [0.1, 0.15) is 40.7 Å². The smallest absolute Gasteiger partial charge is 0.293 e. The highest BCUT2D eigenvalue weighted by molar-refractivity contribution is 7.80. The number of benzene rings is 3. The number of nitro benzene ring substituents is 1. The van der Waals surface area contributed by atoms with Gasteiger partial charge in [-0.1, -0.05) is 17.2 Å². The summed E-state index contributed by atoms with van der Waals surface area (Å²) < 4.78 is 5.93. The molecule has 2 N–H and O–H groups in total. The molecular formula is C28H27N5O4S. The number of nitro groups is 1. The number of thiocarbonyl (C=S) groups is 1. The summed E-state index contributed by atoms with van der Waals surface area (Å²) in [4.78, 5) is 30.7. The molecule has 1 fully saturated rings. The first-order valence-electron chi connectivity index (χ1n) is 12.4. The first-order valence-corrected chi connectivity index (χ1v) is 12.8. The molecular weight excluding hydrogens is 502 g/mol. The van der Waals surface area contributed by atoms with E-state index in [1.54, 1.807) is 30.3 Å². The molecule has 0 spiro atoms. The minimum Gasteiger partial charge on any atom is -0.436 e. The predicted octanol–water partition coefficient (Wildman–Crippen LogP) is 6.14. The lowest BCUT2D eigenvalue weighted by Crippen LogP contribution is -2.34. The van der Waals surface area contributed by atoms with Crippen molar-refractivity contribution >= 4 is 51.4 Å². The molecule has 1 aliphatic rings. The van der Waals surface area contributed by atoms with Crippen LogP contribution in [0.5, 0.6) is 0 Å². The zero-order valence-corrected chi connectivity index (χ0v) is 21.9. The topological polar surface area (TPSA) is 114 Å². The molecule has 9 nitrogen and oxygen atoms in total. The molecule has 5 rings (SSSR count). The van der Waals surface area contributed by atoms with Gasteiger partial charge in [0.2, 0.25) is 5.89 Å². The monoisotopic (exact) mass is 529 g/mol. The molecule has 1 aliphatic heterocycles. The van der Waals surface area contributed by atoms with Crippen LogP contribution in [0.25, 0.3) is 22.6 Å². The van der Waals surface area contributed by atoms with Crippen LogP contribution in [0.2, 0.25) is 0 Å². The molecule has 10 heteroatoms. The highest BCUT2D eigenvalue weighted by Crippen LogP contribution is 2.31. The zero-order valence-electron chi connectivity index (χ0n) is 21.1. The lowest BCUT2D eigenvalue weighted by Gasteiger charge is -2.28. The summed E-state index contributed by atoms with van der Waals surface area (Å²) in [7, 11) is 0. The summed E-state index contributed by atoms with van der Waals surface area (Å²) in [5.41, 5.74) is 5.64. The molecule has 0 unspecified atom stereocenters. The maximum Gasteiger partial charge on any atom is 0.293 e. The molecule has 3 aromatic carbocycles. The van der Waals surface area contributed by atoms with Crippen LogP contribution in [0, 0.1) is 24.0 Å². The number of aryl methyl sites for hydroxylation is 2. The van der Waals surface area contributed by atoms with Gasteiger partial charge in [-0.25, -0.2) is 4.98 Å². The van der Waals surface area contributed by atoms with Crippen LogP contribution in [0.3, 0.4) is 0 Å². The van der Waals surface area contributed by atoms with Gasteiger partial charge in [0.1, 0.15) is 11.2 Å². The lowest BCUT2D eigenvalue weighted by atomic mass is 10.1. The third kappa shape index (κ3) is 5.50. The van der Waals surface area contributed by atoms with Gasteiger partial charge in [-0.2, -0.15) is 0 Å². The Kier molecular flexibility index (Phi) is 7.06. The molecule has 38 heavy (non-hydrogen) atoms. The van der Waals surface area contributed by atoms with Crippen LogP contribution < -0.4 is 15.5 Å². The predicted molar refractivity (Wildman–Crippen MR) is 152 cm³/mol. The van der Waals surface area contributed by atoms with E-state index in [0.29, 0.717) is 28.4 Å². The Labute approximate surface area is 225 Å². The first kappa shape index (κ1) is 25.3. The SMILES string of the molecule is Cc1cc(C)cc(-c2nc3cc(NC(=S)NC(=O)c4ccc(N5CCCCC5)c([N+](=O)[O-])c4)ccc3o2)c1. The Bertz CT molecular complexity index is 1540. The van der Waals surface area contributed by atoms with E-state index in [4.69, 9.17) is 16.6 Å². The summed E-state index contributed by atoms with van der Waals surface area (Å²) in [6.45, 7) is 5.58. The van der Waals surface area contributed by atoms with E-state index in [1.165, 1.54) is 6.07 Å². The van der Waals surface area contributed by atoms with Gasteiger partial charge < -0.3 is 14.6 Å². The maximum atomic E-state index is 12.8. The van der Waals surface area contributed by atoms with Crippen LogP contribution in [-0.4, -0.2) is 34.0 Å². The van der Waals surface area contributed by atoms with E-state index in [9.17, 15) is 14.9 Å². The van der Waals surface area contributed by atoms with Gasteiger partial charge in [0, 0.05) is 36.0 Å². The Morgan fingerprint density at radius 1 is 1.03 bits per heavy atom. The fraction of sp³-hybridized carbons (Fsp3) is 0.250. The van der Waals surface area contributed by atoms with Gasteiger partial charge in [-0.3, -0.25) is 20.2 Å². The van der Waals surface area contributed by atoms with Gasteiger partial charge in [0.15, 0.2) is 10.7 Å². The number of piperidine rings is 1. The molecule has 1 saturated heterocycles. The van der Waals surface area contributed by atoms with E-state index in [2.05, 4.69) is 21.7 Å². The average Bonchev–Trinajstić information content (AvgIpc) is 3.32. The largest absolute Gasteiger partial charge is 0.436 e. The maximum absolute atomic E-state index is 12.8. The van der Waals surface area contributed by atoms with Crippen molar-refractivity contribution in [2.45, 2.75) is 33.1 Å². The van der Waals surface area contributed by atoms with Gasteiger partial charge in [-0.05, 0) is 87.8 Å². The van der Waals surface area contributed by atoms with Crippen LogP contribution in [-0.2, 0) is 0 Å². The molecule has 1 amide bonds. The Morgan fingerprint density at radius 3 is 2.47 bits per heavy atom. The number of rotatable bonds is 5. The standard InChI is InChI=1S/C28H27N5O4S/c1-17-12-18(2)14-20(13-17)27-30-22-16-21(7-9-25(22)37-27)29-28(38)31-26(34)19-6-8-23(24(15-19)33(35)36)32-10-4-3-5-11-32/h6-9,12-16H,3-5,10-11H2,1-2H3,(H2,29,31,34,38). The summed E-state index contributed by atoms with van der Waals surface area (Å²) in [6.07, 6.45) is 3.10. The third-order valence-corrected chi connectivity index (χ3v) is 6.68. The number of carbonyl (C=O) groups excluding carboxylic acids is 1. The molecule has 0 aliphatic carbocycles. The fourth-order valence-electron chi connectivity index (χ4n) is 4.78. The van der Waals surface area contributed by atoms with Gasteiger partial charge in [0.05, 0.1) is 4.92 Å². The number of aromatic nitrogens is 1. The summed E-state index contributed by atoms with van der Waals surface area (Å²) in [5, 5.41) is 17.4. The lowest BCUT2D eigenvalue weighted by molar-refractivity contribution is -0.384. The van der Waals surface area contributed by atoms with Gasteiger partial charge in [-0.15, -0.1) is 0 Å². The number of carbonyl (C=O) groups is 1. The highest BCUT2D eigenvalue weighted by Gasteiger charge is 2.23. The Balaban J connectivity index is 1.29. The normalized spacial score (nSPS) is 13.4. The number of nitrogens with one attached hydrogen (secondary N) is 2. The third-order valence-electron chi connectivity index (χ3n) is 6.47. The van der Waals surface area contributed by atoms with Crippen molar-refractivity contribution in [3.63, 3.8) is 0 Å². The molecule has 0 radical (unpaired) electrons. The molecule has 194 valence electrons. The fourth-order valence-corrected chi connectivity index (χ4v) is 4.99. The number of anilines is 2. The van der Waals surface area contributed by atoms with Crippen LogP contribution >= 0.6 is 12.2 Å². The minimum atomic E-state index is -0.532. The van der Waals surface area contributed by atoms with E-state index in [1.807, 2.05) is 30.9 Å². The number of hydrogen-bond donors (Lipinski definition) is 2. The molecule has 0 saturated carbocycles. The van der Waals surface area contributed by atoms with Crippen molar-refractivity contribution in [1.29, 1.82) is 0 Å². The van der Waals surface area contributed by atoms with Gasteiger partial charge >= 0.3 is 0 Å². The zero-order chi connectivity index (χ0) is 26.8. The van der Waals surface area contributed by atoms with Crippen molar-refractivity contribution in [2.75, 3.05) is 23.3 Å². The number of nitrogens with zero attached hydrogens (tertiary/aromatic N) is 3. The average molecular weight is 530 g/mol. The minimum absolute atomic E-state index is 0.0649. The van der Waals surface area contributed by atoms with Crippen LogP contribution in [0.4, 0.5) is 17.1 Å². The van der Waals surface area contributed by atoms with Crippen molar-refractivity contribution in [2.24, 2.45) is 0 Å². The number of fused-ring (bicyclic) bond motifs is 1. The first-order chi connectivity index (χ1) is 18.3. The Hall–Kier alpha value is -4.31. The van der Waals surface area contributed by atoms with Gasteiger partial charge in [0.25, 0.3) is 11.6 Å². The second kappa shape index (κ2) is 10.6. The second-order valence-corrected chi connectivity index (χ2v) is 9.90. The summed E-state index contributed by atoms with van der Waals surface area (Å²) in [6, 6.07) is 16.0. The summed E-state index contributed by atoms with van der Waals surface area (Å²) >= 11 is 5.33. The molecule has 2 heterocycles.